The zero-order valence-electron chi connectivity index (χ0n) is 3.58. The van der Waals surface area contributed by atoms with Gasteiger partial charge in [-0.3, -0.25) is 0 Å². The molecule has 1 heteroatoms. The van der Waals surface area contributed by atoms with Crippen molar-refractivity contribution in [2.45, 2.75) is 0 Å². The summed E-state index contributed by atoms with van der Waals surface area (Å²) in [6.07, 6.45) is 1.65. The lowest BCUT2D eigenvalue weighted by molar-refractivity contribution is 1.59. The molecule has 0 saturated heterocycles. The van der Waals surface area contributed by atoms with Crippen LogP contribution in [0.1, 0.15) is 0 Å². The summed E-state index contributed by atoms with van der Waals surface area (Å²) in [4.78, 5) is 0. The van der Waals surface area contributed by atoms with Gasteiger partial charge in [-0.25, -0.2) is 0 Å². The fourth-order valence-corrected chi connectivity index (χ4v) is 0.164. The van der Waals surface area contributed by atoms with E-state index in [2.05, 4.69) is 13.2 Å². The minimum atomic E-state index is 0.490. The molecule has 0 unspecified atom stereocenters. The van der Waals surface area contributed by atoms with Crippen molar-refractivity contribution in [2.75, 3.05) is 5.88 Å². The van der Waals surface area contributed by atoms with Crippen LogP contribution >= 0.6 is 11.6 Å². The summed E-state index contributed by atoms with van der Waals surface area (Å²) in [6.45, 7) is 6.99. The predicted molar refractivity (Wildman–Crippen MR) is 30.1 cm³/mol. The molecule has 0 bridgehead atoms. The lowest BCUT2D eigenvalue weighted by atomic mass is 10.4. The fourth-order valence-electron chi connectivity index (χ4n) is 0.0546. The number of hydrogen-bond donors (Lipinski definition) is 0. The van der Waals surface area contributed by atoms with E-state index in [0.717, 1.165) is 5.57 Å². The number of hydrogen-bond acceptors (Lipinski definition) is 0. The Bertz CT molecular complexity index is 64.3. The second-order valence-corrected chi connectivity index (χ2v) is 1.26. The Hall–Kier alpha value is -0.230. The van der Waals surface area contributed by atoms with Gasteiger partial charge in [0, 0.05) is 5.88 Å². The molecule has 0 atom stereocenters. The second-order valence-electron chi connectivity index (χ2n) is 0.996. The third-order valence-corrected chi connectivity index (χ3v) is 0.804. The minimum Gasteiger partial charge on any atom is -0.122 e. The number of alkyl halides is 1. The molecule has 0 N–H and O–H groups in total. The van der Waals surface area contributed by atoms with E-state index in [0.29, 0.717) is 5.88 Å². The summed E-state index contributed by atoms with van der Waals surface area (Å²) in [6, 6.07) is 0. The maximum Gasteiger partial charge on any atom is 0.0467 e. The summed E-state index contributed by atoms with van der Waals surface area (Å²) in [5.41, 5.74) is 0.872. The smallest absolute Gasteiger partial charge is 0.0467 e. The molecule has 0 rings (SSSR count). The first-order valence-electron chi connectivity index (χ1n) is 1.67. The normalized spacial score (nSPS) is 7.50. The standard InChI is InChI=1S/C5H7Cl/c1-3-5(2)4-6/h3H,1-2,4H2. The van der Waals surface area contributed by atoms with Crippen molar-refractivity contribution in [1.82, 2.24) is 0 Å². The van der Waals surface area contributed by atoms with E-state index in [1.54, 1.807) is 6.08 Å². The van der Waals surface area contributed by atoms with Crippen LogP contribution in [0.25, 0.3) is 0 Å². The Morgan fingerprint density at radius 2 is 2.33 bits per heavy atom. The summed E-state index contributed by atoms with van der Waals surface area (Å²) >= 11 is 5.28. The van der Waals surface area contributed by atoms with E-state index in [9.17, 15) is 0 Å². The highest BCUT2D eigenvalue weighted by molar-refractivity contribution is 6.19. The van der Waals surface area contributed by atoms with Gasteiger partial charge < -0.3 is 0 Å². The van der Waals surface area contributed by atoms with E-state index in [4.69, 9.17) is 11.6 Å². The summed E-state index contributed by atoms with van der Waals surface area (Å²) in [5.74, 6) is 0.490. The van der Waals surface area contributed by atoms with Crippen molar-refractivity contribution >= 4 is 11.6 Å². The first-order chi connectivity index (χ1) is 2.81. The molecule has 0 radical (unpaired) electrons. The van der Waals surface area contributed by atoms with Crippen molar-refractivity contribution in [1.29, 1.82) is 0 Å². The topological polar surface area (TPSA) is 0 Å². The van der Waals surface area contributed by atoms with Crippen molar-refractivity contribution in [2.24, 2.45) is 0 Å². The molecule has 0 aliphatic heterocycles. The van der Waals surface area contributed by atoms with E-state index >= 15 is 0 Å². The molecule has 0 fully saturated rings. The van der Waals surface area contributed by atoms with Gasteiger partial charge in [-0.05, 0) is 5.57 Å². The highest BCUT2D eigenvalue weighted by Gasteiger charge is 1.75. The maximum absolute atomic E-state index is 5.28. The molecule has 0 spiro atoms. The molecule has 0 amide bonds. The molecular formula is C5H7Cl. The third-order valence-electron chi connectivity index (χ3n) is 0.460. The van der Waals surface area contributed by atoms with Gasteiger partial charge in [-0.1, -0.05) is 19.2 Å². The Kier molecular flexibility index (Phi) is 2.87. The molecule has 0 aromatic rings. The first-order valence-corrected chi connectivity index (χ1v) is 2.21. The molecule has 0 aliphatic rings. The van der Waals surface area contributed by atoms with Gasteiger partial charge in [0.2, 0.25) is 0 Å². The number of halogens is 1. The van der Waals surface area contributed by atoms with Crippen LogP contribution in [0.5, 0.6) is 0 Å². The number of rotatable bonds is 2. The third kappa shape index (κ3) is 2.04. The van der Waals surface area contributed by atoms with Gasteiger partial charge in [0.1, 0.15) is 0 Å². The lowest BCUT2D eigenvalue weighted by Gasteiger charge is -1.81. The van der Waals surface area contributed by atoms with Crippen LogP contribution in [0.3, 0.4) is 0 Å². The van der Waals surface area contributed by atoms with Crippen molar-refractivity contribution in [3.8, 4) is 0 Å². The van der Waals surface area contributed by atoms with Crippen LogP contribution in [-0.2, 0) is 0 Å². The number of allylic oxidation sites excluding steroid dienone is 2. The predicted octanol–water partition coefficient (Wildman–Crippen LogP) is 1.97. The molecule has 0 aromatic heterocycles. The maximum atomic E-state index is 5.28. The highest BCUT2D eigenvalue weighted by atomic mass is 35.5. The quantitative estimate of drug-likeness (QED) is 0.369. The van der Waals surface area contributed by atoms with Crippen molar-refractivity contribution in [3.05, 3.63) is 24.8 Å². The van der Waals surface area contributed by atoms with Crippen molar-refractivity contribution < 1.29 is 0 Å². The van der Waals surface area contributed by atoms with Gasteiger partial charge in [0.05, 0.1) is 0 Å². The largest absolute Gasteiger partial charge is 0.122 e. The average molecular weight is 103 g/mol. The fraction of sp³-hybridized carbons (Fsp3) is 0.200. The molecule has 0 heterocycles. The molecular weight excluding hydrogens is 95.5 g/mol. The van der Waals surface area contributed by atoms with E-state index < -0.39 is 0 Å². The van der Waals surface area contributed by atoms with Crippen LogP contribution in [0.4, 0.5) is 0 Å². The second kappa shape index (κ2) is 2.98. The van der Waals surface area contributed by atoms with Gasteiger partial charge in [-0.2, -0.15) is 0 Å². The van der Waals surface area contributed by atoms with Gasteiger partial charge >= 0.3 is 0 Å². The SMILES string of the molecule is C=CC(=C)CCl. The van der Waals surface area contributed by atoms with E-state index in [1.807, 2.05) is 0 Å². The monoisotopic (exact) mass is 102 g/mol. The van der Waals surface area contributed by atoms with Crippen LogP contribution in [0.15, 0.2) is 24.8 Å². The van der Waals surface area contributed by atoms with Gasteiger partial charge in [-0.15, -0.1) is 11.6 Å². The Morgan fingerprint density at radius 1 is 1.83 bits per heavy atom. The van der Waals surface area contributed by atoms with Crippen LogP contribution < -0.4 is 0 Å². The molecule has 34 valence electrons. The van der Waals surface area contributed by atoms with E-state index in [1.165, 1.54) is 0 Å². The molecule has 0 aliphatic carbocycles. The minimum absolute atomic E-state index is 0.490. The summed E-state index contributed by atoms with van der Waals surface area (Å²) in [5, 5.41) is 0. The summed E-state index contributed by atoms with van der Waals surface area (Å²) in [7, 11) is 0. The first kappa shape index (κ1) is 5.77. The van der Waals surface area contributed by atoms with Crippen molar-refractivity contribution in [3.63, 3.8) is 0 Å². The molecule has 6 heavy (non-hydrogen) atoms. The van der Waals surface area contributed by atoms with E-state index in [-0.39, 0.29) is 0 Å². The zero-order chi connectivity index (χ0) is 4.99. The molecule has 0 nitrogen and oxygen atoms in total. The summed E-state index contributed by atoms with van der Waals surface area (Å²) < 4.78 is 0. The van der Waals surface area contributed by atoms with Crippen LogP contribution in [-0.4, -0.2) is 5.88 Å². The Labute approximate surface area is 43.1 Å². The molecule has 0 aromatic carbocycles. The van der Waals surface area contributed by atoms with Gasteiger partial charge in [0.25, 0.3) is 0 Å². The van der Waals surface area contributed by atoms with Crippen LogP contribution in [0.2, 0.25) is 0 Å². The van der Waals surface area contributed by atoms with Gasteiger partial charge in [0.15, 0.2) is 0 Å². The average Bonchev–Trinajstić information content (AvgIpc) is 1.65. The highest BCUT2D eigenvalue weighted by Crippen LogP contribution is 1.91. The Morgan fingerprint density at radius 3 is 2.33 bits per heavy atom. The molecule has 0 saturated carbocycles. The van der Waals surface area contributed by atoms with Crippen LogP contribution in [0, 0.1) is 0 Å². The zero-order valence-corrected chi connectivity index (χ0v) is 4.33. The lowest BCUT2D eigenvalue weighted by Crippen LogP contribution is -1.69. The Balaban J connectivity index is 3.23.